The van der Waals surface area contributed by atoms with Gasteiger partial charge in [0.25, 0.3) is 10.0 Å². The fourth-order valence-electron chi connectivity index (χ4n) is 4.89. The molecule has 48 heavy (non-hydrogen) atoms. The van der Waals surface area contributed by atoms with E-state index in [9.17, 15) is 18.3 Å². The van der Waals surface area contributed by atoms with E-state index in [1.54, 1.807) is 36.4 Å². The van der Waals surface area contributed by atoms with Crippen molar-refractivity contribution in [3.8, 4) is 34.6 Å². The van der Waals surface area contributed by atoms with Crippen molar-refractivity contribution in [1.82, 2.24) is 24.5 Å². The Balaban J connectivity index is 2.09. The van der Waals surface area contributed by atoms with Crippen molar-refractivity contribution in [3.05, 3.63) is 72.0 Å². The van der Waals surface area contributed by atoms with E-state index >= 15 is 8.42 Å². The normalized spacial score (nSPS) is 14.5. The van der Waals surface area contributed by atoms with Crippen molar-refractivity contribution < 1.29 is 40.9 Å². The van der Waals surface area contributed by atoms with E-state index in [0.717, 1.165) is 23.4 Å². The second-order valence-electron chi connectivity index (χ2n) is 12.0. The van der Waals surface area contributed by atoms with Crippen LogP contribution in [-0.2, 0) is 21.3 Å². The highest BCUT2D eigenvalue weighted by Crippen LogP contribution is 2.41. The minimum atomic E-state index is -4.98. The zero-order valence-corrected chi connectivity index (χ0v) is 30.1. The molecule has 0 aliphatic rings. The first-order valence-electron chi connectivity index (χ1n) is 14.6. The number of halogens is 1. The summed E-state index contributed by atoms with van der Waals surface area (Å²) in [6.45, 7) is 6.96. The third-order valence-electron chi connectivity index (χ3n) is 7.54. The summed E-state index contributed by atoms with van der Waals surface area (Å²) in [6.07, 6.45) is -2.01. The first-order chi connectivity index (χ1) is 22.6. The lowest BCUT2D eigenvalue weighted by Crippen LogP contribution is -2.60. The van der Waals surface area contributed by atoms with Crippen molar-refractivity contribution in [2.45, 2.75) is 43.6 Å². The molecule has 0 fully saturated rings. The zero-order chi connectivity index (χ0) is 35.4. The number of sulfonamides is 1. The van der Waals surface area contributed by atoms with E-state index < -0.39 is 46.2 Å². The standard InChI is InChI=1S/C30H39FN6O8S2Si/c1-30(35-46(39)40,27(38)20-14-16-21(31)17-15-20)47(41,42)36(18-19-48(5,6)7)29-34-33-28(22-10-8-13-25(32-22)45-4)37(29)26-23(43-2)11-9-12-24(26)44-3/h8-17,27,35,38H,18-19H2,1-7H3,(H,39,40)/p-1/t27-,30-/m0/s1. The van der Waals surface area contributed by atoms with Crippen molar-refractivity contribution >= 4 is 35.3 Å². The number of hydrogen-bond donors (Lipinski definition) is 2. The van der Waals surface area contributed by atoms with Gasteiger partial charge in [-0.1, -0.05) is 43.9 Å². The van der Waals surface area contributed by atoms with Crippen LogP contribution in [0.15, 0.2) is 60.7 Å². The van der Waals surface area contributed by atoms with E-state index in [1.165, 1.54) is 38.0 Å². The number of aliphatic hydroxyl groups excluding tert-OH is 1. The summed E-state index contributed by atoms with van der Waals surface area (Å²) in [7, 11) is -2.70. The van der Waals surface area contributed by atoms with E-state index in [1.807, 2.05) is 24.4 Å². The fraction of sp³-hybridized carbons (Fsp3) is 0.367. The Morgan fingerprint density at radius 2 is 1.62 bits per heavy atom. The third-order valence-corrected chi connectivity index (χ3v) is 12.3. The van der Waals surface area contributed by atoms with Gasteiger partial charge in [-0.25, -0.2) is 26.8 Å². The summed E-state index contributed by atoms with van der Waals surface area (Å²) in [5.74, 6) is -0.0706. The SMILES string of the molecule is COc1cccc(-c2nnc(N(CC[Si](C)(C)C)S(=O)(=O)[C@](C)(NS(=O)[O-])[C@@H](O)c3ccc(F)cc3)n2-c2c(OC)cccc2OC)n1. The number of hydrogen-bond acceptors (Lipinski definition) is 11. The summed E-state index contributed by atoms with van der Waals surface area (Å²) >= 11 is -3.19. The third kappa shape index (κ3) is 7.53. The molecule has 0 radical (unpaired) electrons. The summed E-state index contributed by atoms with van der Waals surface area (Å²) in [6, 6.07) is 14.7. The molecule has 0 saturated carbocycles. The van der Waals surface area contributed by atoms with Gasteiger partial charge in [-0.3, -0.25) is 8.78 Å². The van der Waals surface area contributed by atoms with Crippen molar-refractivity contribution in [3.63, 3.8) is 0 Å². The van der Waals surface area contributed by atoms with Crippen LogP contribution < -0.4 is 23.2 Å². The Morgan fingerprint density at radius 1 is 1.02 bits per heavy atom. The molecule has 4 aromatic rings. The molecule has 18 heteroatoms. The molecule has 0 aliphatic carbocycles. The van der Waals surface area contributed by atoms with Crippen LogP contribution in [0.4, 0.5) is 10.3 Å². The quantitative estimate of drug-likeness (QED) is 0.135. The number of methoxy groups -OCH3 is 3. The van der Waals surface area contributed by atoms with E-state index in [4.69, 9.17) is 14.2 Å². The predicted octanol–water partition coefficient (Wildman–Crippen LogP) is 3.80. The molecule has 1 unspecified atom stereocenters. The average molecular weight is 722 g/mol. The molecule has 0 spiro atoms. The summed E-state index contributed by atoms with van der Waals surface area (Å²) < 4.78 is 89.2. The maximum atomic E-state index is 15.0. The molecule has 14 nitrogen and oxygen atoms in total. The highest BCUT2D eigenvalue weighted by Gasteiger charge is 2.51. The highest BCUT2D eigenvalue weighted by atomic mass is 32.2. The second-order valence-corrected chi connectivity index (χ2v) is 20.6. The molecule has 2 aromatic heterocycles. The fourth-order valence-corrected chi connectivity index (χ4v) is 8.55. The van der Waals surface area contributed by atoms with E-state index in [0.29, 0.717) is 6.04 Å². The zero-order valence-electron chi connectivity index (χ0n) is 27.5. The predicted molar refractivity (Wildman–Crippen MR) is 180 cm³/mol. The van der Waals surface area contributed by atoms with Gasteiger partial charge in [0.15, 0.2) is 10.7 Å². The molecular formula is C30H38FN6O8S2Si-. The van der Waals surface area contributed by atoms with Gasteiger partial charge in [0.05, 0.1) is 21.3 Å². The Bertz CT molecular complexity index is 1850. The van der Waals surface area contributed by atoms with Gasteiger partial charge in [-0.2, -0.15) is 0 Å². The van der Waals surface area contributed by atoms with Crippen LogP contribution in [0.2, 0.25) is 25.7 Å². The molecular weight excluding hydrogens is 684 g/mol. The topological polar surface area (TPSA) is 181 Å². The smallest absolute Gasteiger partial charge is 0.260 e. The van der Waals surface area contributed by atoms with Gasteiger partial charge >= 0.3 is 0 Å². The summed E-state index contributed by atoms with van der Waals surface area (Å²) in [5, 5.41) is 20.3. The van der Waals surface area contributed by atoms with Crippen molar-refractivity contribution in [1.29, 1.82) is 0 Å². The van der Waals surface area contributed by atoms with Crippen LogP contribution >= 0.6 is 0 Å². The largest absolute Gasteiger partial charge is 0.760 e. The van der Waals surface area contributed by atoms with Crippen LogP contribution in [0.3, 0.4) is 0 Å². The van der Waals surface area contributed by atoms with Gasteiger partial charge in [0, 0.05) is 32.0 Å². The molecule has 3 atom stereocenters. The molecule has 2 aromatic carbocycles. The Labute approximate surface area is 282 Å². The maximum absolute atomic E-state index is 15.0. The summed E-state index contributed by atoms with van der Waals surface area (Å²) in [4.78, 5) is 1.86. The molecule has 0 bridgehead atoms. The second kappa shape index (κ2) is 14.7. The lowest BCUT2D eigenvalue weighted by atomic mass is 10.0. The number of nitrogens with zero attached hydrogens (tertiary/aromatic N) is 5. The van der Waals surface area contributed by atoms with Crippen LogP contribution in [0.1, 0.15) is 18.6 Å². The summed E-state index contributed by atoms with van der Waals surface area (Å²) in [5.41, 5.74) is 0.410. The number of pyridine rings is 1. The van der Waals surface area contributed by atoms with Crippen molar-refractivity contribution in [2.75, 3.05) is 32.2 Å². The lowest BCUT2D eigenvalue weighted by molar-refractivity contribution is 0.125. The van der Waals surface area contributed by atoms with Gasteiger partial charge in [-0.05, 0) is 48.9 Å². The number of aromatic nitrogens is 4. The number of nitrogens with one attached hydrogen (secondary N) is 1. The first kappa shape index (κ1) is 36.9. The molecule has 0 saturated heterocycles. The molecule has 0 amide bonds. The number of ether oxygens (including phenoxy) is 3. The van der Waals surface area contributed by atoms with Gasteiger partial charge in [0.1, 0.15) is 34.8 Å². The average Bonchev–Trinajstić information content (AvgIpc) is 3.47. The first-order valence-corrected chi connectivity index (χ1v) is 20.8. The van der Waals surface area contributed by atoms with Gasteiger partial charge in [0.2, 0.25) is 11.8 Å². The Kier molecular flexibility index (Phi) is 11.3. The molecule has 4 rings (SSSR count). The minimum absolute atomic E-state index is 0.0558. The molecule has 0 aliphatic heterocycles. The van der Waals surface area contributed by atoms with Crippen LogP contribution in [0.25, 0.3) is 17.2 Å². The monoisotopic (exact) mass is 721 g/mol. The Hall–Kier alpha value is -3.94. The van der Waals surface area contributed by atoms with Crippen LogP contribution in [0, 0.1) is 5.82 Å². The van der Waals surface area contributed by atoms with Gasteiger partial charge < -0.3 is 23.9 Å². The van der Waals surface area contributed by atoms with E-state index in [2.05, 4.69) is 15.2 Å². The Morgan fingerprint density at radius 3 is 2.17 bits per heavy atom. The maximum Gasteiger partial charge on any atom is 0.260 e. The molecule has 2 heterocycles. The lowest BCUT2D eigenvalue weighted by Gasteiger charge is -2.40. The number of rotatable bonds is 15. The number of aliphatic hydroxyl groups is 1. The highest BCUT2D eigenvalue weighted by molar-refractivity contribution is 7.94. The number of anilines is 1. The number of benzene rings is 2. The molecule has 2 N–H and O–H groups in total. The minimum Gasteiger partial charge on any atom is -0.760 e. The van der Waals surface area contributed by atoms with Crippen LogP contribution in [-0.4, -0.2) is 82.9 Å². The van der Waals surface area contributed by atoms with E-state index in [-0.39, 0.29) is 52.6 Å². The van der Waals surface area contributed by atoms with Gasteiger partial charge in [-0.15, -0.1) is 10.2 Å². The van der Waals surface area contributed by atoms with Crippen molar-refractivity contribution in [2.24, 2.45) is 0 Å². The van der Waals surface area contributed by atoms with Crippen LogP contribution in [0.5, 0.6) is 17.4 Å². The molecule has 260 valence electrons. The number of para-hydroxylation sites is 1.